The molecule has 0 radical (unpaired) electrons. The molecule has 0 spiro atoms. The number of hydrogen-bond acceptors (Lipinski definition) is 4. The van der Waals surface area contributed by atoms with Gasteiger partial charge in [-0.1, -0.05) is 13.8 Å². The third kappa shape index (κ3) is 2.26. The van der Waals surface area contributed by atoms with Gasteiger partial charge >= 0.3 is 0 Å². The van der Waals surface area contributed by atoms with Gasteiger partial charge in [0.15, 0.2) is 5.78 Å². The van der Waals surface area contributed by atoms with Crippen LogP contribution in [-0.2, 0) is 9.59 Å². The van der Waals surface area contributed by atoms with Gasteiger partial charge in [0.25, 0.3) is 0 Å². The Hall–Kier alpha value is -1.00. The smallest absolute Gasteiger partial charge is 0.155 e. The summed E-state index contributed by atoms with van der Waals surface area (Å²) >= 11 is 0. The average Bonchev–Trinajstić information content (AvgIpc) is 2.85. The number of ketones is 2. The zero-order valence-electron chi connectivity index (χ0n) is 15.5. The fourth-order valence-electron chi connectivity index (χ4n) is 7.41. The van der Waals surface area contributed by atoms with Crippen molar-refractivity contribution in [3.8, 4) is 0 Å². The van der Waals surface area contributed by atoms with Crippen LogP contribution in [0.1, 0.15) is 59.3 Å². The van der Waals surface area contributed by atoms with Crippen molar-refractivity contribution in [1.29, 1.82) is 0 Å². The number of hydrogen-bond donors (Lipinski definition) is 2. The Labute approximate surface area is 149 Å². The number of rotatable bonds is 1. The van der Waals surface area contributed by atoms with E-state index >= 15 is 0 Å². The van der Waals surface area contributed by atoms with Crippen molar-refractivity contribution in [2.24, 2.45) is 34.5 Å². The number of carbonyl (C=O) groups is 2. The molecule has 0 aromatic carbocycles. The van der Waals surface area contributed by atoms with E-state index in [-0.39, 0.29) is 40.2 Å². The SMILES string of the molecule is CC(=O)[C@H]1CC[C@H]2[C@@H]3C[C@@H](O)C4=CC(=O)CC[C@]4(C)[C@H]3[C@H](O)C[C@@]12C. The molecule has 0 unspecified atom stereocenters. The summed E-state index contributed by atoms with van der Waals surface area (Å²) in [4.78, 5) is 24.1. The van der Waals surface area contributed by atoms with Crippen LogP contribution in [0.4, 0.5) is 0 Å². The lowest BCUT2D eigenvalue weighted by atomic mass is 9.45. The second-order valence-corrected chi connectivity index (χ2v) is 9.55. The maximum Gasteiger partial charge on any atom is 0.155 e. The van der Waals surface area contributed by atoms with Gasteiger partial charge in [0.2, 0.25) is 0 Å². The highest BCUT2D eigenvalue weighted by molar-refractivity contribution is 5.92. The van der Waals surface area contributed by atoms with Crippen LogP contribution < -0.4 is 0 Å². The lowest BCUT2D eigenvalue weighted by molar-refractivity contribution is -0.152. The van der Waals surface area contributed by atoms with Crippen molar-refractivity contribution in [3.05, 3.63) is 11.6 Å². The number of Topliss-reactive ketones (excluding diaryl/α,β-unsaturated/α-hetero) is 1. The number of aliphatic hydroxyl groups excluding tert-OH is 2. The minimum atomic E-state index is -0.596. The molecule has 3 saturated carbocycles. The van der Waals surface area contributed by atoms with Crippen LogP contribution in [0.15, 0.2) is 11.6 Å². The molecule has 0 heterocycles. The van der Waals surface area contributed by atoms with E-state index in [1.54, 1.807) is 13.0 Å². The second-order valence-electron chi connectivity index (χ2n) is 9.55. The molecular weight excluding hydrogens is 316 g/mol. The normalized spacial score (nSPS) is 52.0. The Balaban J connectivity index is 1.76. The molecular formula is C21H30O4. The van der Waals surface area contributed by atoms with E-state index in [1.807, 2.05) is 0 Å². The predicted octanol–water partition coefficient (Wildman–Crippen LogP) is 2.67. The van der Waals surface area contributed by atoms with Gasteiger partial charge in [-0.25, -0.2) is 0 Å². The van der Waals surface area contributed by atoms with Gasteiger partial charge < -0.3 is 10.2 Å². The minimum Gasteiger partial charge on any atom is -0.393 e. The fraction of sp³-hybridized carbons (Fsp3) is 0.810. The molecule has 0 saturated heterocycles. The van der Waals surface area contributed by atoms with E-state index in [1.165, 1.54) is 0 Å². The van der Waals surface area contributed by atoms with Crippen LogP contribution >= 0.6 is 0 Å². The number of fused-ring (bicyclic) bond motifs is 5. The molecule has 4 nitrogen and oxygen atoms in total. The Bertz CT molecular complexity index is 652. The molecule has 138 valence electrons. The van der Waals surface area contributed by atoms with Crippen LogP contribution in [0, 0.1) is 34.5 Å². The summed E-state index contributed by atoms with van der Waals surface area (Å²) in [5.41, 5.74) is 0.383. The molecule has 4 aliphatic rings. The summed E-state index contributed by atoms with van der Waals surface area (Å²) in [6.45, 7) is 6.00. The highest BCUT2D eigenvalue weighted by Crippen LogP contribution is 2.66. The van der Waals surface area contributed by atoms with Crippen LogP contribution in [0.25, 0.3) is 0 Å². The molecule has 4 heteroatoms. The van der Waals surface area contributed by atoms with Crippen LogP contribution in [-0.4, -0.2) is 34.0 Å². The van der Waals surface area contributed by atoms with Crippen LogP contribution in [0.5, 0.6) is 0 Å². The first-order valence-corrected chi connectivity index (χ1v) is 9.80. The van der Waals surface area contributed by atoms with Crippen molar-refractivity contribution in [1.82, 2.24) is 0 Å². The first-order valence-electron chi connectivity index (χ1n) is 9.80. The molecule has 8 atom stereocenters. The zero-order chi connectivity index (χ0) is 18.1. The average molecular weight is 346 g/mol. The van der Waals surface area contributed by atoms with Crippen molar-refractivity contribution < 1.29 is 19.8 Å². The highest BCUT2D eigenvalue weighted by Gasteiger charge is 2.63. The molecule has 0 aliphatic heterocycles. The van der Waals surface area contributed by atoms with E-state index < -0.39 is 12.2 Å². The quantitative estimate of drug-likeness (QED) is 0.765. The fourth-order valence-corrected chi connectivity index (χ4v) is 7.41. The topological polar surface area (TPSA) is 74.6 Å². The highest BCUT2D eigenvalue weighted by atomic mass is 16.3. The maximum atomic E-state index is 12.2. The van der Waals surface area contributed by atoms with Crippen LogP contribution in [0.2, 0.25) is 0 Å². The van der Waals surface area contributed by atoms with Crippen molar-refractivity contribution in [2.45, 2.75) is 71.5 Å². The van der Waals surface area contributed by atoms with E-state index in [2.05, 4.69) is 13.8 Å². The van der Waals surface area contributed by atoms with Crippen LogP contribution in [0.3, 0.4) is 0 Å². The van der Waals surface area contributed by atoms with Crippen molar-refractivity contribution in [3.63, 3.8) is 0 Å². The van der Waals surface area contributed by atoms with Crippen molar-refractivity contribution in [2.75, 3.05) is 0 Å². The molecule has 0 bridgehead atoms. The molecule has 2 N–H and O–H groups in total. The third-order valence-corrected chi connectivity index (χ3v) is 8.40. The van der Waals surface area contributed by atoms with Gasteiger partial charge in [-0.2, -0.15) is 0 Å². The Morgan fingerprint density at radius 2 is 1.96 bits per heavy atom. The number of carbonyl (C=O) groups excluding carboxylic acids is 2. The summed E-state index contributed by atoms with van der Waals surface area (Å²) in [5.74, 6) is 1.05. The van der Waals surface area contributed by atoms with E-state index in [0.717, 1.165) is 18.4 Å². The molecule has 0 amide bonds. The third-order valence-electron chi connectivity index (χ3n) is 8.40. The van der Waals surface area contributed by atoms with E-state index in [0.29, 0.717) is 31.6 Å². The van der Waals surface area contributed by atoms with Gasteiger partial charge in [0, 0.05) is 12.3 Å². The van der Waals surface area contributed by atoms with Crippen molar-refractivity contribution >= 4 is 11.6 Å². The molecule has 25 heavy (non-hydrogen) atoms. The first-order chi connectivity index (χ1) is 11.7. The lowest BCUT2D eigenvalue weighted by Gasteiger charge is -2.60. The Kier molecular flexibility index (Phi) is 3.83. The molecule has 4 aliphatic carbocycles. The zero-order valence-corrected chi connectivity index (χ0v) is 15.5. The van der Waals surface area contributed by atoms with Gasteiger partial charge in [-0.15, -0.1) is 0 Å². The first kappa shape index (κ1) is 17.4. The molecule has 3 fully saturated rings. The van der Waals surface area contributed by atoms with E-state index in [9.17, 15) is 19.8 Å². The lowest BCUT2D eigenvalue weighted by Crippen LogP contribution is -2.59. The van der Waals surface area contributed by atoms with Gasteiger partial charge in [0.05, 0.1) is 12.2 Å². The molecule has 0 aromatic heterocycles. The second kappa shape index (κ2) is 5.50. The summed E-state index contributed by atoms with van der Waals surface area (Å²) in [6.07, 6.45) is 4.99. The maximum absolute atomic E-state index is 12.2. The minimum absolute atomic E-state index is 0.0305. The molecule has 4 rings (SSSR count). The van der Waals surface area contributed by atoms with E-state index in [4.69, 9.17) is 0 Å². The predicted molar refractivity (Wildman–Crippen MR) is 93.7 cm³/mol. The Morgan fingerprint density at radius 1 is 1.24 bits per heavy atom. The summed E-state index contributed by atoms with van der Waals surface area (Å²) in [7, 11) is 0. The molecule has 0 aromatic rings. The Morgan fingerprint density at radius 3 is 2.64 bits per heavy atom. The summed E-state index contributed by atoms with van der Waals surface area (Å²) in [5, 5.41) is 22.0. The van der Waals surface area contributed by atoms with Gasteiger partial charge in [-0.05, 0) is 79.3 Å². The van der Waals surface area contributed by atoms with Gasteiger partial charge in [0.1, 0.15) is 5.78 Å². The monoisotopic (exact) mass is 346 g/mol. The summed E-state index contributed by atoms with van der Waals surface area (Å²) < 4.78 is 0. The standard InChI is InChI=1S/C21H30O4/c1-11(22)14-4-5-15-13-9-17(24)16-8-12(23)6-7-20(16,2)19(13)18(25)10-21(14,15)3/h8,13-15,17-19,24-25H,4-7,9-10H2,1-3H3/t13-,14+,15-,17+,18+,19+,20-,21-/m0/s1. The largest absolute Gasteiger partial charge is 0.393 e. The number of aliphatic hydroxyl groups is 2. The van der Waals surface area contributed by atoms with Gasteiger partial charge in [-0.3, -0.25) is 9.59 Å². The summed E-state index contributed by atoms with van der Waals surface area (Å²) in [6, 6.07) is 0.